The van der Waals surface area contributed by atoms with Gasteiger partial charge in [-0.3, -0.25) is 4.79 Å². The molecule has 0 aliphatic carbocycles. The van der Waals surface area contributed by atoms with Gasteiger partial charge in [0.1, 0.15) is 5.01 Å². The van der Waals surface area contributed by atoms with Crippen LogP contribution in [0.1, 0.15) is 16.1 Å². The lowest BCUT2D eigenvalue weighted by atomic mass is 10.1. The number of benzene rings is 2. The Morgan fingerprint density at radius 3 is 2.48 bits per heavy atom. The smallest absolute Gasteiger partial charge is 0.418 e. The minimum absolute atomic E-state index is 0.0107. The van der Waals surface area contributed by atoms with Gasteiger partial charge < -0.3 is 10.1 Å². The zero-order chi connectivity index (χ0) is 21.0. The third-order valence-electron chi connectivity index (χ3n) is 3.65. The Balaban J connectivity index is 1.60. The summed E-state index contributed by atoms with van der Waals surface area (Å²) in [4.78, 5) is 28.1. The number of ether oxygens (including phenoxy) is 1. The predicted octanol–water partition coefficient (Wildman–Crippen LogP) is 5.28. The highest BCUT2D eigenvalue weighted by Gasteiger charge is 2.33. The standard InChI is InChI=1S/C19H12ClF3N2O3S/c20-12-7-5-11(6-8-12)17-25-15(10-29-17)18(27)28-9-16(26)24-14-4-2-1-3-13(14)19(21,22)23/h1-8,10H,9H2,(H,24,26). The normalized spacial score (nSPS) is 11.2. The van der Waals surface area contributed by atoms with E-state index < -0.39 is 35.9 Å². The van der Waals surface area contributed by atoms with Crippen LogP contribution in [-0.4, -0.2) is 23.5 Å². The van der Waals surface area contributed by atoms with Crippen molar-refractivity contribution in [3.05, 3.63) is 70.2 Å². The third-order valence-corrected chi connectivity index (χ3v) is 4.79. The van der Waals surface area contributed by atoms with Crippen LogP contribution < -0.4 is 5.32 Å². The molecule has 1 aromatic heterocycles. The third kappa shape index (κ3) is 5.33. The molecule has 0 saturated heterocycles. The highest BCUT2D eigenvalue weighted by molar-refractivity contribution is 7.13. The van der Waals surface area contributed by atoms with Gasteiger partial charge in [-0.15, -0.1) is 11.3 Å². The summed E-state index contributed by atoms with van der Waals surface area (Å²) >= 11 is 7.02. The highest BCUT2D eigenvalue weighted by atomic mass is 35.5. The predicted molar refractivity (Wildman–Crippen MR) is 103 cm³/mol. The average Bonchev–Trinajstić information content (AvgIpc) is 3.16. The number of para-hydroxylation sites is 1. The molecule has 10 heteroatoms. The maximum absolute atomic E-state index is 12.9. The number of thiazole rings is 1. The summed E-state index contributed by atoms with van der Waals surface area (Å²) in [5, 5.41) is 4.67. The lowest BCUT2D eigenvalue weighted by Crippen LogP contribution is -2.22. The molecular formula is C19H12ClF3N2O3S. The van der Waals surface area contributed by atoms with Gasteiger partial charge in [-0.25, -0.2) is 9.78 Å². The van der Waals surface area contributed by atoms with Crippen molar-refractivity contribution in [3.63, 3.8) is 0 Å². The number of halogens is 4. The average molecular weight is 441 g/mol. The SMILES string of the molecule is O=C(COC(=O)c1csc(-c2ccc(Cl)cc2)n1)Nc1ccccc1C(F)(F)F. The van der Waals surface area contributed by atoms with Gasteiger partial charge in [0.15, 0.2) is 12.3 Å². The van der Waals surface area contributed by atoms with Gasteiger partial charge in [0.05, 0.1) is 11.3 Å². The van der Waals surface area contributed by atoms with Crippen LogP contribution in [0.25, 0.3) is 10.6 Å². The number of carbonyl (C=O) groups excluding carboxylic acids is 2. The number of anilines is 1. The molecule has 0 bridgehead atoms. The molecule has 0 aliphatic rings. The first-order valence-electron chi connectivity index (χ1n) is 8.08. The molecule has 150 valence electrons. The van der Waals surface area contributed by atoms with E-state index in [1.165, 1.54) is 28.8 Å². The van der Waals surface area contributed by atoms with Crippen molar-refractivity contribution < 1.29 is 27.5 Å². The van der Waals surface area contributed by atoms with Crippen LogP contribution in [0, 0.1) is 0 Å². The van der Waals surface area contributed by atoms with Crippen LogP contribution >= 0.6 is 22.9 Å². The van der Waals surface area contributed by atoms with Crippen molar-refractivity contribution in [1.82, 2.24) is 4.98 Å². The van der Waals surface area contributed by atoms with Gasteiger partial charge in [-0.05, 0) is 24.3 Å². The molecule has 0 radical (unpaired) electrons. The number of hydrogen-bond acceptors (Lipinski definition) is 5. The first kappa shape index (κ1) is 20.8. The maximum Gasteiger partial charge on any atom is 0.418 e. The van der Waals surface area contributed by atoms with E-state index in [0.717, 1.165) is 17.7 Å². The molecule has 3 aromatic rings. The highest BCUT2D eigenvalue weighted by Crippen LogP contribution is 2.34. The Morgan fingerprint density at radius 2 is 1.79 bits per heavy atom. The minimum atomic E-state index is -4.63. The van der Waals surface area contributed by atoms with Gasteiger partial charge in [-0.1, -0.05) is 35.9 Å². The van der Waals surface area contributed by atoms with Crippen LogP contribution in [-0.2, 0) is 15.7 Å². The van der Waals surface area contributed by atoms with E-state index in [1.54, 1.807) is 24.3 Å². The molecule has 1 N–H and O–H groups in total. The Hall–Kier alpha value is -2.91. The number of hydrogen-bond donors (Lipinski definition) is 1. The number of rotatable bonds is 5. The van der Waals surface area contributed by atoms with Crippen LogP contribution in [0.15, 0.2) is 53.9 Å². The number of amides is 1. The van der Waals surface area contributed by atoms with Crippen LogP contribution in [0.2, 0.25) is 5.02 Å². The van der Waals surface area contributed by atoms with Crippen LogP contribution in [0.5, 0.6) is 0 Å². The van der Waals surface area contributed by atoms with Crippen molar-refractivity contribution in [3.8, 4) is 10.6 Å². The molecule has 0 fully saturated rings. The van der Waals surface area contributed by atoms with Gasteiger partial charge in [0.25, 0.3) is 5.91 Å². The quantitative estimate of drug-likeness (QED) is 0.548. The zero-order valence-electron chi connectivity index (χ0n) is 14.5. The number of aromatic nitrogens is 1. The minimum Gasteiger partial charge on any atom is -0.451 e. The van der Waals surface area contributed by atoms with E-state index in [2.05, 4.69) is 10.3 Å². The number of nitrogens with zero attached hydrogens (tertiary/aromatic N) is 1. The van der Waals surface area contributed by atoms with Crippen molar-refractivity contribution in [2.24, 2.45) is 0 Å². The van der Waals surface area contributed by atoms with Crippen molar-refractivity contribution >= 4 is 40.5 Å². The van der Waals surface area contributed by atoms with Gasteiger partial charge in [0, 0.05) is 16.0 Å². The Bertz CT molecular complexity index is 1040. The molecule has 0 unspecified atom stereocenters. The van der Waals surface area contributed by atoms with Crippen molar-refractivity contribution in [1.29, 1.82) is 0 Å². The second-order valence-electron chi connectivity index (χ2n) is 5.71. The van der Waals surface area contributed by atoms with Crippen molar-refractivity contribution in [2.45, 2.75) is 6.18 Å². The number of carbonyl (C=O) groups is 2. The van der Waals surface area contributed by atoms with Gasteiger partial charge in [0.2, 0.25) is 0 Å². The molecular weight excluding hydrogens is 429 g/mol. The van der Waals surface area contributed by atoms with E-state index in [0.29, 0.717) is 10.0 Å². The Labute approximate surface area is 172 Å². The summed E-state index contributed by atoms with van der Waals surface area (Å²) < 4.78 is 43.7. The molecule has 0 atom stereocenters. The van der Waals surface area contributed by atoms with E-state index in [1.807, 2.05) is 0 Å². The second kappa shape index (κ2) is 8.62. The van der Waals surface area contributed by atoms with E-state index >= 15 is 0 Å². The molecule has 2 aromatic carbocycles. The zero-order valence-corrected chi connectivity index (χ0v) is 16.1. The molecule has 0 spiro atoms. The Morgan fingerprint density at radius 1 is 1.10 bits per heavy atom. The topological polar surface area (TPSA) is 68.3 Å². The fraction of sp³-hybridized carbons (Fsp3) is 0.105. The van der Waals surface area contributed by atoms with Crippen molar-refractivity contribution in [2.75, 3.05) is 11.9 Å². The monoisotopic (exact) mass is 440 g/mol. The lowest BCUT2D eigenvalue weighted by molar-refractivity contribution is -0.137. The lowest BCUT2D eigenvalue weighted by Gasteiger charge is -2.13. The number of nitrogens with one attached hydrogen (secondary N) is 1. The van der Waals surface area contributed by atoms with E-state index in [9.17, 15) is 22.8 Å². The van der Waals surface area contributed by atoms with E-state index in [-0.39, 0.29) is 5.69 Å². The molecule has 0 saturated carbocycles. The first-order chi connectivity index (χ1) is 13.7. The summed E-state index contributed by atoms with van der Waals surface area (Å²) in [5.74, 6) is -1.76. The first-order valence-corrected chi connectivity index (χ1v) is 9.34. The summed E-state index contributed by atoms with van der Waals surface area (Å²) in [6, 6.07) is 11.3. The molecule has 29 heavy (non-hydrogen) atoms. The van der Waals surface area contributed by atoms with Crippen LogP contribution in [0.3, 0.4) is 0 Å². The summed E-state index contributed by atoms with van der Waals surface area (Å²) in [6.45, 7) is -0.751. The molecule has 3 rings (SSSR count). The fourth-order valence-electron chi connectivity index (χ4n) is 2.32. The number of esters is 1. The van der Waals surface area contributed by atoms with Gasteiger partial charge in [-0.2, -0.15) is 13.2 Å². The molecule has 1 amide bonds. The van der Waals surface area contributed by atoms with Gasteiger partial charge >= 0.3 is 12.1 Å². The largest absolute Gasteiger partial charge is 0.451 e. The fourth-order valence-corrected chi connectivity index (χ4v) is 3.24. The summed E-state index contributed by atoms with van der Waals surface area (Å²) in [6.07, 6.45) is -4.63. The van der Waals surface area contributed by atoms with Crippen LogP contribution in [0.4, 0.5) is 18.9 Å². The van der Waals surface area contributed by atoms with E-state index in [4.69, 9.17) is 16.3 Å². The Kier molecular flexibility index (Phi) is 6.19. The second-order valence-corrected chi connectivity index (χ2v) is 7.01. The summed E-state index contributed by atoms with van der Waals surface area (Å²) in [5.41, 5.74) is -0.671. The summed E-state index contributed by atoms with van der Waals surface area (Å²) in [7, 11) is 0. The molecule has 5 nitrogen and oxygen atoms in total. The molecule has 1 heterocycles. The molecule has 0 aliphatic heterocycles. The maximum atomic E-state index is 12.9. The number of alkyl halides is 3.